The van der Waals surface area contributed by atoms with Crippen LogP contribution < -0.4 is 0 Å². The standard InChI is InChI=1S/C9H14F2O6S/c10-9(11,18-17-16-14)8(13)15-5-6-1-3-7(12)4-2-6/h6-7,12,14H,1-5H2. The molecule has 1 aliphatic carbocycles. The first-order chi connectivity index (χ1) is 8.45. The summed E-state index contributed by atoms with van der Waals surface area (Å²) < 4.78 is 33.9. The summed E-state index contributed by atoms with van der Waals surface area (Å²) in [5.74, 6) is -1.77. The summed E-state index contributed by atoms with van der Waals surface area (Å²) in [6.07, 6.45) is 2.06. The second-order valence-corrected chi connectivity index (χ2v) is 4.83. The van der Waals surface area contributed by atoms with Crippen molar-refractivity contribution < 1.29 is 38.0 Å². The summed E-state index contributed by atoms with van der Waals surface area (Å²) in [7, 11) is 0. The molecule has 0 aliphatic heterocycles. The van der Waals surface area contributed by atoms with E-state index in [9.17, 15) is 18.7 Å². The molecule has 0 spiro atoms. The zero-order chi connectivity index (χ0) is 13.6. The van der Waals surface area contributed by atoms with Crippen molar-refractivity contribution in [3.05, 3.63) is 0 Å². The van der Waals surface area contributed by atoms with E-state index >= 15 is 0 Å². The molecule has 0 bridgehead atoms. The highest BCUT2D eigenvalue weighted by Gasteiger charge is 2.44. The first-order valence-corrected chi connectivity index (χ1v) is 6.09. The highest BCUT2D eigenvalue weighted by molar-refractivity contribution is 7.96. The summed E-state index contributed by atoms with van der Waals surface area (Å²) in [5.41, 5.74) is 0. The predicted octanol–water partition coefficient (Wildman–Crippen LogP) is 1.74. The van der Waals surface area contributed by atoms with Crippen molar-refractivity contribution >= 4 is 18.0 Å². The molecule has 1 aliphatic rings. The van der Waals surface area contributed by atoms with Crippen molar-refractivity contribution in [2.75, 3.05) is 6.61 Å². The van der Waals surface area contributed by atoms with Gasteiger partial charge in [0.15, 0.2) is 0 Å². The van der Waals surface area contributed by atoms with Gasteiger partial charge < -0.3 is 9.84 Å². The minimum Gasteiger partial charge on any atom is -0.460 e. The lowest BCUT2D eigenvalue weighted by atomic mass is 9.88. The van der Waals surface area contributed by atoms with Crippen LogP contribution in [0, 0.1) is 5.92 Å². The molecule has 0 atom stereocenters. The summed E-state index contributed by atoms with van der Waals surface area (Å²) in [6, 6.07) is 0. The van der Waals surface area contributed by atoms with Gasteiger partial charge in [-0.1, -0.05) is 5.04 Å². The Bertz CT molecular complexity index is 270. The quantitative estimate of drug-likeness (QED) is 0.333. The van der Waals surface area contributed by atoms with Crippen LogP contribution in [0.5, 0.6) is 0 Å². The van der Waals surface area contributed by atoms with Crippen LogP contribution in [-0.2, 0) is 18.9 Å². The average molecular weight is 288 g/mol. The Labute approximate surface area is 106 Å². The van der Waals surface area contributed by atoms with E-state index in [4.69, 9.17) is 5.26 Å². The molecule has 6 nitrogen and oxygen atoms in total. The van der Waals surface area contributed by atoms with Crippen molar-refractivity contribution in [2.24, 2.45) is 5.92 Å². The summed E-state index contributed by atoms with van der Waals surface area (Å²) in [5, 5.41) is 16.0. The molecule has 0 aromatic carbocycles. The molecule has 0 unspecified atom stereocenters. The van der Waals surface area contributed by atoms with E-state index in [2.05, 4.69) is 14.1 Å². The third-order valence-corrected chi connectivity index (χ3v) is 3.18. The van der Waals surface area contributed by atoms with Crippen molar-refractivity contribution in [1.29, 1.82) is 0 Å². The van der Waals surface area contributed by atoms with E-state index in [1.165, 1.54) is 0 Å². The molecule has 1 saturated carbocycles. The number of esters is 1. The number of aliphatic hydroxyl groups excluding tert-OH is 1. The Kier molecular flexibility index (Phi) is 6.22. The first kappa shape index (κ1) is 15.6. The van der Waals surface area contributed by atoms with Gasteiger partial charge >= 0.3 is 11.2 Å². The van der Waals surface area contributed by atoms with Gasteiger partial charge in [0.25, 0.3) is 0 Å². The fourth-order valence-corrected chi connectivity index (χ4v) is 1.92. The van der Waals surface area contributed by atoms with Crippen LogP contribution in [-0.4, -0.2) is 34.3 Å². The van der Waals surface area contributed by atoms with Crippen LogP contribution in [0.2, 0.25) is 0 Å². The van der Waals surface area contributed by atoms with Crippen LogP contribution in [0.4, 0.5) is 8.78 Å². The highest BCUT2D eigenvalue weighted by atomic mass is 32.2. The lowest BCUT2D eigenvalue weighted by Gasteiger charge is -2.25. The van der Waals surface area contributed by atoms with Gasteiger partial charge in [0.2, 0.25) is 0 Å². The van der Waals surface area contributed by atoms with Crippen molar-refractivity contribution in [3.63, 3.8) is 0 Å². The molecule has 0 aromatic rings. The van der Waals surface area contributed by atoms with Crippen molar-refractivity contribution in [3.8, 4) is 0 Å². The van der Waals surface area contributed by atoms with Crippen molar-refractivity contribution in [2.45, 2.75) is 37.0 Å². The molecular formula is C9H14F2O6S. The highest BCUT2D eigenvalue weighted by Crippen LogP contribution is 2.32. The largest absolute Gasteiger partial charge is 0.460 e. The number of hydrogen-bond acceptors (Lipinski definition) is 7. The number of hydrogen-bond donors (Lipinski definition) is 2. The molecule has 0 heterocycles. The van der Waals surface area contributed by atoms with E-state index in [1.54, 1.807) is 0 Å². The van der Waals surface area contributed by atoms with Gasteiger partial charge in [0, 0.05) is 0 Å². The molecule has 9 heteroatoms. The van der Waals surface area contributed by atoms with E-state index in [0.29, 0.717) is 25.7 Å². The topological polar surface area (TPSA) is 85.2 Å². The van der Waals surface area contributed by atoms with Gasteiger partial charge in [0.05, 0.1) is 12.7 Å². The number of carbonyl (C=O) groups excluding carboxylic acids is 1. The third kappa shape index (κ3) is 5.02. The number of ether oxygens (including phenoxy) is 1. The molecule has 0 saturated heterocycles. The maximum Gasteiger partial charge on any atom is 0.415 e. The average Bonchev–Trinajstić information content (AvgIpc) is 2.35. The maximum atomic E-state index is 13.0. The minimum atomic E-state index is -3.95. The zero-order valence-electron chi connectivity index (χ0n) is 9.38. The van der Waals surface area contributed by atoms with Gasteiger partial charge in [-0.25, -0.2) is 10.1 Å². The summed E-state index contributed by atoms with van der Waals surface area (Å²) in [4.78, 5) is 11.0. The van der Waals surface area contributed by atoms with Crippen LogP contribution in [0.15, 0.2) is 0 Å². The Hall–Kier alpha value is -0.480. The first-order valence-electron chi connectivity index (χ1n) is 5.34. The zero-order valence-corrected chi connectivity index (χ0v) is 10.2. The third-order valence-electron chi connectivity index (χ3n) is 2.67. The second-order valence-electron chi connectivity index (χ2n) is 4.02. The molecular weight excluding hydrogens is 274 g/mol. The predicted molar refractivity (Wildman–Crippen MR) is 56.3 cm³/mol. The summed E-state index contributed by atoms with van der Waals surface area (Å²) >= 11 is -0.646. The van der Waals surface area contributed by atoms with Crippen LogP contribution in [0.1, 0.15) is 25.7 Å². The van der Waals surface area contributed by atoms with Crippen LogP contribution in [0.3, 0.4) is 0 Å². The normalized spacial score (nSPS) is 24.9. The Morgan fingerprint density at radius 3 is 2.50 bits per heavy atom. The molecule has 0 radical (unpaired) electrons. The van der Waals surface area contributed by atoms with Gasteiger partial charge in [-0.05, 0) is 31.6 Å². The Morgan fingerprint density at radius 1 is 1.33 bits per heavy atom. The fourth-order valence-electron chi connectivity index (χ4n) is 1.68. The number of rotatable bonds is 6. The van der Waals surface area contributed by atoms with Gasteiger partial charge in [0.1, 0.15) is 12.0 Å². The minimum absolute atomic E-state index is 0.0202. The van der Waals surface area contributed by atoms with E-state index < -0.39 is 23.3 Å². The Balaban J connectivity index is 2.27. The van der Waals surface area contributed by atoms with Gasteiger partial charge in [-0.2, -0.15) is 8.78 Å². The second kappa shape index (κ2) is 7.19. The smallest absolute Gasteiger partial charge is 0.415 e. The lowest BCUT2D eigenvalue weighted by molar-refractivity contribution is -0.433. The van der Waals surface area contributed by atoms with E-state index in [0.717, 1.165) is 0 Å². The van der Waals surface area contributed by atoms with E-state index in [1.807, 2.05) is 0 Å². The number of carbonyl (C=O) groups is 1. The molecule has 0 amide bonds. The number of aliphatic hydroxyl groups is 1. The SMILES string of the molecule is O=C(OCC1CCC(O)CC1)C(F)(F)SOOO. The maximum absolute atomic E-state index is 13.0. The molecule has 1 fully saturated rings. The number of alkyl halides is 2. The molecule has 106 valence electrons. The van der Waals surface area contributed by atoms with Gasteiger partial charge in [-0.15, -0.1) is 4.33 Å². The Morgan fingerprint density at radius 2 is 1.94 bits per heavy atom. The fraction of sp³-hybridized carbons (Fsp3) is 0.889. The van der Waals surface area contributed by atoms with Crippen LogP contribution >= 0.6 is 12.0 Å². The monoisotopic (exact) mass is 288 g/mol. The van der Waals surface area contributed by atoms with Crippen LogP contribution in [0.25, 0.3) is 0 Å². The van der Waals surface area contributed by atoms with E-state index in [-0.39, 0.29) is 18.6 Å². The number of halogens is 2. The molecule has 2 N–H and O–H groups in total. The molecule has 0 aromatic heterocycles. The van der Waals surface area contributed by atoms with Crippen molar-refractivity contribution in [1.82, 2.24) is 0 Å². The summed E-state index contributed by atoms with van der Waals surface area (Å²) in [6.45, 7) is -0.123. The lowest BCUT2D eigenvalue weighted by Crippen LogP contribution is -2.30. The molecule has 1 rings (SSSR count). The van der Waals surface area contributed by atoms with Gasteiger partial charge in [-0.3, -0.25) is 0 Å². The molecule has 18 heavy (non-hydrogen) atoms.